The highest BCUT2D eigenvalue weighted by atomic mass is 16.6. The van der Waals surface area contributed by atoms with Gasteiger partial charge in [-0.05, 0) is 75.5 Å². The van der Waals surface area contributed by atoms with Crippen molar-refractivity contribution >= 4 is 17.9 Å². The van der Waals surface area contributed by atoms with Crippen LogP contribution in [0.5, 0.6) is 11.5 Å². The number of carbonyl (C=O) groups excluding carboxylic acids is 3. The zero-order chi connectivity index (χ0) is 35.1. The second-order valence-corrected chi connectivity index (χ2v) is 13.8. The number of aliphatic hydroxyl groups excluding tert-OH is 1. The van der Waals surface area contributed by atoms with Crippen LogP contribution in [-0.2, 0) is 25.5 Å². The van der Waals surface area contributed by atoms with E-state index in [9.17, 15) is 19.5 Å². The number of hydrogen-bond donors (Lipinski definition) is 4. The number of hydrogen-bond acceptors (Lipinski definition) is 8. The monoisotopic (exact) mass is 651 g/mol. The van der Waals surface area contributed by atoms with Gasteiger partial charge >= 0.3 is 6.09 Å². The minimum Gasteiger partial charge on any atom is -0.493 e. The number of methoxy groups -OCH3 is 2. The van der Waals surface area contributed by atoms with E-state index in [1.807, 2.05) is 32.0 Å². The van der Waals surface area contributed by atoms with Crippen molar-refractivity contribution in [3.63, 3.8) is 0 Å². The molecule has 4 N–H and O–H groups in total. The number of amides is 3. The number of ether oxygens (including phenoxy) is 4. The molecule has 0 aliphatic rings. The third-order valence-electron chi connectivity index (χ3n) is 8.22. The highest BCUT2D eigenvalue weighted by Crippen LogP contribution is 2.32. The molecule has 11 heteroatoms. The van der Waals surface area contributed by atoms with E-state index >= 15 is 0 Å². The van der Waals surface area contributed by atoms with Gasteiger partial charge in [-0.25, -0.2) is 4.79 Å². The first-order chi connectivity index (χ1) is 21.5. The molecule has 0 unspecified atom stereocenters. The Hall–Kier alpha value is -3.05. The van der Waals surface area contributed by atoms with Crippen LogP contribution in [0.3, 0.4) is 0 Å². The zero-order valence-electron chi connectivity index (χ0n) is 30.1. The molecule has 0 saturated carbocycles. The van der Waals surface area contributed by atoms with Crippen molar-refractivity contribution < 1.29 is 38.4 Å². The Bertz CT molecular complexity index is 1090. The Labute approximate surface area is 276 Å². The number of alkyl carbamates (subject to hydrolysis) is 1. The molecule has 0 aromatic heterocycles. The molecule has 0 saturated heterocycles. The summed E-state index contributed by atoms with van der Waals surface area (Å²) < 4.78 is 22.1. The summed E-state index contributed by atoms with van der Waals surface area (Å²) in [5.74, 6) is 0.354. The van der Waals surface area contributed by atoms with Crippen molar-refractivity contribution in [3.05, 3.63) is 23.8 Å². The lowest BCUT2D eigenvalue weighted by molar-refractivity contribution is -0.132. The van der Waals surface area contributed by atoms with Crippen molar-refractivity contribution in [1.29, 1.82) is 0 Å². The zero-order valence-corrected chi connectivity index (χ0v) is 30.1. The van der Waals surface area contributed by atoms with Gasteiger partial charge in [0.05, 0.1) is 25.7 Å². The predicted molar refractivity (Wildman–Crippen MR) is 180 cm³/mol. The van der Waals surface area contributed by atoms with Crippen LogP contribution in [0, 0.1) is 23.7 Å². The van der Waals surface area contributed by atoms with E-state index in [1.54, 1.807) is 41.9 Å². The first-order valence-corrected chi connectivity index (χ1v) is 16.5. The molecule has 264 valence electrons. The lowest BCUT2D eigenvalue weighted by Gasteiger charge is -2.39. The molecule has 1 aromatic carbocycles. The Morgan fingerprint density at radius 2 is 1.63 bits per heavy atom. The largest absolute Gasteiger partial charge is 0.493 e. The lowest BCUT2D eigenvalue weighted by atomic mass is 9.78. The SMILES string of the molecule is CNC(=O)[C@@H](C)CNC(=O)[C@@](C[C@@H](O)CC[C@@H](Cc1ccc(OC)c(OCCCOC)c1)C(C)C)(NC(=O)OC(C)(C)C)C(C)C. The van der Waals surface area contributed by atoms with E-state index in [-0.39, 0.29) is 24.8 Å². The molecule has 1 rings (SSSR count). The summed E-state index contributed by atoms with van der Waals surface area (Å²) in [7, 11) is 4.82. The molecule has 1 aromatic rings. The number of nitrogens with one attached hydrogen (secondary N) is 3. The molecule has 0 radical (unpaired) electrons. The predicted octanol–water partition coefficient (Wildman–Crippen LogP) is 4.87. The van der Waals surface area contributed by atoms with E-state index < -0.39 is 41.1 Å². The molecule has 4 atom stereocenters. The highest BCUT2D eigenvalue weighted by molar-refractivity contribution is 5.91. The van der Waals surface area contributed by atoms with Crippen molar-refractivity contribution in [3.8, 4) is 11.5 Å². The Morgan fingerprint density at radius 1 is 0.957 bits per heavy atom. The topological polar surface area (TPSA) is 144 Å². The summed E-state index contributed by atoms with van der Waals surface area (Å²) in [6.45, 7) is 16.1. The number of benzene rings is 1. The number of rotatable bonds is 20. The van der Waals surface area contributed by atoms with Crippen molar-refractivity contribution in [1.82, 2.24) is 16.0 Å². The van der Waals surface area contributed by atoms with Crippen LogP contribution in [0.15, 0.2) is 18.2 Å². The maximum absolute atomic E-state index is 13.8. The van der Waals surface area contributed by atoms with Crippen LogP contribution in [0.1, 0.15) is 86.6 Å². The van der Waals surface area contributed by atoms with Gasteiger partial charge in [0.1, 0.15) is 11.1 Å². The first kappa shape index (κ1) is 41.0. The molecular formula is C35H61N3O8. The van der Waals surface area contributed by atoms with Gasteiger partial charge < -0.3 is 40.0 Å². The fraction of sp³-hybridized carbons (Fsp3) is 0.743. The Kier molecular flexibility index (Phi) is 17.4. The van der Waals surface area contributed by atoms with Crippen LogP contribution < -0.4 is 25.4 Å². The van der Waals surface area contributed by atoms with Crippen LogP contribution in [0.4, 0.5) is 4.79 Å². The fourth-order valence-electron chi connectivity index (χ4n) is 5.27. The van der Waals surface area contributed by atoms with E-state index in [1.165, 1.54) is 7.05 Å². The summed E-state index contributed by atoms with van der Waals surface area (Å²) in [5, 5.41) is 19.6. The van der Waals surface area contributed by atoms with Crippen molar-refractivity contribution in [2.45, 2.75) is 105 Å². The minimum absolute atomic E-state index is 0.0170. The molecular weight excluding hydrogens is 590 g/mol. The quantitative estimate of drug-likeness (QED) is 0.146. The summed E-state index contributed by atoms with van der Waals surface area (Å²) >= 11 is 0. The molecule has 3 amide bonds. The van der Waals surface area contributed by atoms with Crippen molar-refractivity contribution in [2.24, 2.45) is 23.7 Å². The summed E-state index contributed by atoms with van der Waals surface area (Å²) in [4.78, 5) is 38.9. The van der Waals surface area contributed by atoms with E-state index in [0.717, 1.165) is 18.4 Å². The third kappa shape index (κ3) is 13.7. The smallest absolute Gasteiger partial charge is 0.408 e. The van der Waals surface area contributed by atoms with Gasteiger partial charge in [-0.3, -0.25) is 9.59 Å². The van der Waals surface area contributed by atoms with Gasteiger partial charge in [-0.15, -0.1) is 0 Å². The fourth-order valence-corrected chi connectivity index (χ4v) is 5.27. The van der Waals surface area contributed by atoms with Gasteiger partial charge in [0, 0.05) is 40.2 Å². The lowest BCUT2D eigenvalue weighted by Crippen LogP contribution is -2.64. The average Bonchev–Trinajstić information content (AvgIpc) is 2.97. The van der Waals surface area contributed by atoms with Crippen molar-refractivity contribution in [2.75, 3.05) is 41.0 Å². The molecule has 0 spiro atoms. The Morgan fingerprint density at radius 3 is 2.17 bits per heavy atom. The summed E-state index contributed by atoms with van der Waals surface area (Å²) in [6.07, 6.45) is 1.00. The maximum atomic E-state index is 13.8. The number of carbonyl (C=O) groups is 3. The van der Waals surface area contributed by atoms with Gasteiger partial charge in [-0.1, -0.05) is 40.7 Å². The minimum atomic E-state index is -1.47. The Balaban J connectivity index is 3.15. The maximum Gasteiger partial charge on any atom is 0.408 e. The normalized spacial score (nSPS) is 15.0. The molecule has 46 heavy (non-hydrogen) atoms. The standard InChI is InChI=1S/C35H61N3O8/c1-23(2)27(19-26-13-16-29(44-11)30(20-26)45-18-12-17-43-10)14-15-28(39)21-35(24(3)4,38-33(42)46-34(6,7)8)32(41)37-22-25(5)31(40)36-9/h13,16,20,23-25,27-28,39H,12,14-15,17-19,21-22H2,1-11H3,(H,36,40)(H,37,41)(H,38,42)/t25-,27-,28-,35-/m0/s1. The second-order valence-electron chi connectivity index (χ2n) is 13.8. The molecule has 0 aliphatic heterocycles. The molecule has 0 aliphatic carbocycles. The van der Waals surface area contributed by atoms with E-state index in [0.29, 0.717) is 43.5 Å². The molecule has 0 heterocycles. The average molecular weight is 652 g/mol. The van der Waals surface area contributed by atoms with Crippen LogP contribution >= 0.6 is 0 Å². The summed E-state index contributed by atoms with van der Waals surface area (Å²) in [5.41, 5.74) is -1.15. The van der Waals surface area contributed by atoms with Crippen LogP contribution in [0.2, 0.25) is 0 Å². The van der Waals surface area contributed by atoms with E-state index in [2.05, 4.69) is 29.8 Å². The highest BCUT2D eigenvalue weighted by Gasteiger charge is 2.45. The number of aliphatic hydroxyl groups is 1. The first-order valence-electron chi connectivity index (χ1n) is 16.5. The second kappa shape index (κ2) is 19.6. The third-order valence-corrected chi connectivity index (χ3v) is 8.22. The van der Waals surface area contributed by atoms with Gasteiger partial charge in [0.25, 0.3) is 0 Å². The van der Waals surface area contributed by atoms with Crippen LogP contribution in [-0.4, -0.2) is 81.3 Å². The molecule has 0 bridgehead atoms. The molecule has 0 fully saturated rings. The van der Waals surface area contributed by atoms with Crippen LogP contribution in [0.25, 0.3) is 0 Å². The van der Waals surface area contributed by atoms with Gasteiger partial charge in [0.2, 0.25) is 11.8 Å². The van der Waals surface area contributed by atoms with Gasteiger partial charge in [0.15, 0.2) is 11.5 Å². The summed E-state index contributed by atoms with van der Waals surface area (Å²) in [6, 6.07) is 5.96. The van der Waals surface area contributed by atoms with Gasteiger partial charge in [-0.2, -0.15) is 0 Å². The molecule has 11 nitrogen and oxygen atoms in total. The van der Waals surface area contributed by atoms with E-state index in [4.69, 9.17) is 18.9 Å².